The van der Waals surface area contributed by atoms with Gasteiger partial charge in [0.15, 0.2) is 0 Å². The molecule has 0 aliphatic rings. The van der Waals surface area contributed by atoms with Crippen LogP contribution in [0, 0.1) is 0 Å². The lowest BCUT2D eigenvalue weighted by atomic mass is 10.1. The lowest BCUT2D eigenvalue weighted by Gasteiger charge is -2.07. The fraction of sp³-hybridized carbons (Fsp3) is 0.455. The molecule has 3 aromatic rings. The first-order valence-electron chi connectivity index (χ1n) is 9.38. The van der Waals surface area contributed by atoms with E-state index in [1.165, 1.54) is 73.2 Å². The van der Waals surface area contributed by atoms with Gasteiger partial charge in [-0.25, -0.2) is 0 Å². The third-order valence-corrected chi connectivity index (χ3v) is 4.92. The van der Waals surface area contributed by atoms with E-state index in [0.717, 1.165) is 6.54 Å². The molecule has 1 nitrogen and oxygen atoms in total. The summed E-state index contributed by atoms with van der Waals surface area (Å²) >= 11 is 0. The number of fused-ring (bicyclic) bond motifs is 3. The largest absolute Gasteiger partial charge is 0.340 e. The van der Waals surface area contributed by atoms with Gasteiger partial charge in [0.25, 0.3) is 0 Å². The van der Waals surface area contributed by atoms with Crippen LogP contribution in [-0.2, 0) is 6.54 Å². The average molecular weight is 307 g/mol. The second-order valence-corrected chi connectivity index (χ2v) is 6.66. The molecule has 0 unspecified atom stereocenters. The van der Waals surface area contributed by atoms with E-state index in [1.807, 2.05) is 0 Å². The summed E-state index contributed by atoms with van der Waals surface area (Å²) in [5.74, 6) is 0. The fourth-order valence-electron chi connectivity index (χ4n) is 3.65. The van der Waals surface area contributed by atoms with Gasteiger partial charge in [0.05, 0.1) is 0 Å². The summed E-state index contributed by atoms with van der Waals surface area (Å²) in [5, 5.41) is 2.78. The zero-order chi connectivity index (χ0) is 15.9. The van der Waals surface area contributed by atoms with Crippen LogP contribution in [0.2, 0.25) is 0 Å². The molecule has 0 spiro atoms. The molecule has 0 bridgehead atoms. The summed E-state index contributed by atoms with van der Waals surface area (Å²) in [6, 6.07) is 17.6. The minimum Gasteiger partial charge on any atom is -0.340 e. The van der Waals surface area contributed by atoms with Crippen molar-refractivity contribution in [3.05, 3.63) is 48.5 Å². The molecule has 0 amide bonds. The highest BCUT2D eigenvalue weighted by molar-refractivity contribution is 6.07. The minimum absolute atomic E-state index is 1.14. The zero-order valence-corrected chi connectivity index (χ0v) is 14.4. The number of para-hydroxylation sites is 2. The summed E-state index contributed by atoms with van der Waals surface area (Å²) < 4.78 is 2.52. The summed E-state index contributed by atoms with van der Waals surface area (Å²) in [6.45, 7) is 3.43. The van der Waals surface area contributed by atoms with Crippen LogP contribution in [0.15, 0.2) is 48.5 Å². The molecular formula is C22H29N. The maximum absolute atomic E-state index is 2.52. The lowest BCUT2D eigenvalue weighted by molar-refractivity contribution is 0.553. The van der Waals surface area contributed by atoms with Crippen molar-refractivity contribution in [2.24, 2.45) is 0 Å². The maximum Gasteiger partial charge on any atom is 0.0491 e. The van der Waals surface area contributed by atoms with Crippen molar-refractivity contribution in [2.45, 2.75) is 64.8 Å². The Morgan fingerprint density at radius 1 is 0.609 bits per heavy atom. The molecule has 0 aliphatic heterocycles. The highest BCUT2D eigenvalue weighted by Crippen LogP contribution is 2.29. The monoisotopic (exact) mass is 307 g/mol. The summed E-state index contributed by atoms with van der Waals surface area (Å²) in [5.41, 5.74) is 2.77. The standard InChI is InChI=1S/C22H29N/c1-2-3-4-5-6-7-8-13-18-23-21-16-11-9-14-19(21)20-15-10-12-17-22(20)23/h9-12,14-17H,2-8,13,18H2,1H3. The van der Waals surface area contributed by atoms with Crippen molar-refractivity contribution >= 4 is 21.8 Å². The second kappa shape index (κ2) is 8.19. The Hall–Kier alpha value is -1.76. The van der Waals surface area contributed by atoms with Gasteiger partial charge in [-0.2, -0.15) is 0 Å². The van der Waals surface area contributed by atoms with E-state index in [1.54, 1.807) is 0 Å². The number of aryl methyl sites for hydroxylation is 1. The Labute approximate surface area is 140 Å². The molecule has 1 heteroatoms. The van der Waals surface area contributed by atoms with Gasteiger partial charge in [0.1, 0.15) is 0 Å². The first-order chi connectivity index (χ1) is 11.4. The molecule has 23 heavy (non-hydrogen) atoms. The molecule has 0 fully saturated rings. The van der Waals surface area contributed by atoms with Crippen molar-refractivity contribution in [3.8, 4) is 0 Å². The van der Waals surface area contributed by atoms with Gasteiger partial charge < -0.3 is 4.57 Å². The molecule has 0 aliphatic carbocycles. The predicted molar refractivity (Wildman–Crippen MR) is 102 cm³/mol. The molecule has 0 radical (unpaired) electrons. The van der Waals surface area contributed by atoms with Crippen LogP contribution in [-0.4, -0.2) is 4.57 Å². The van der Waals surface area contributed by atoms with E-state index in [9.17, 15) is 0 Å². The van der Waals surface area contributed by atoms with Crippen LogP contribution < -0.4 is 0 Å². The molecule has 122 valence electrons. The molecule has 0 atom stereocenters. The first-order valence-corrected chi connectivity index (χ1v) is 9.38. The van der Waals surface area contributed by atoms with E-state index < -0.39 is 0 Å². The van der Waals surface area contributed by atoms with Crippen LogP contribution in [0.5, 0.6) is 0 Å². The highest BCUT2D eigenvalue weighted by atomic mass is 15.0. The van der Waals surface area contributed by atoms with Crippen LogP contribution in [0.25, 0.3) is 21.8 Å². The normalized spacial score (nSPS) is 11.5. The quantitative estimate of drug-likeness (QED) is 0.377. The van der Waals surface area contributed by atoms with Gasteiger partial charge in [-0.15, -0.1) is 0 Å². The van der Waals surface area contributed by atoms with Crippen LogP contribution >= 0.6 is 0 Å². The number of nitrogens with zero attached hydrogens (tertiary/aromatic N) is 1. The number of hydrogen-bond acceptors (Lipinski definition) is 0. The molecule has 0 saturated carbocycles. The number of benzene rings is 2. The first kappa shape index (κ1) is 16.1. The van der Waals surface area contributed by atoms with Gasteiger partial charge in [0.2, 0.25) is 0 Å². The predicted octanol–water partition coefficient (Wildman–Crippen LogP) is 6.94. The van der Waals surface area contributed by atoms with E-state index in [0.29, 0.717) is 0 Å². The Morgan fingerprint density at radius 3 is 1.65 bits per heavy atom. The van der Waals surface area contributed by atoms with Crippen LogP contribution in [0.1, 0.15) is 58.3 Å². The van der Waals surface area contributed by atoms with Crippen LogP contribution in [0.3, 0.4) is 0 Å². The van der Waals surface area contributed by atoms with Crippen molar-refractivity contribution in [2.75, 3.05) is 0 Å². The Balaban J connectivity index is 1.61. The van der Waals surface area contributed by atoms with E-state index in [-0.39, 0.29) is 0 Å². The van der Waals surface area contributed by atoms with Gasteiger partial charge in [-0.05, 0) is 18.6 Å². The molecule has 3 rings (SSSR count). The Kier molecular flexibility index (Phi) is 5.74. The van der Waals surface area contributed by atoms with Gasteiger partial charge >= 0.3 is 0 Å². The molecular weight excluding hydrogens is 278 g/mol. The Bertz CT molecular complexity index is 685. The lowest BCUT2D eigenvalue weighted by Crippen LogP contribution is -1.97. The number of hydrogen-bond donors (Lipinski definition) is 0. The number of unbranched alkanes of at least 4 members (excludes halogenated alkanes) is 7. The van der Waals surface area contributed by atoms with Crippen molar-refractivity contribution in [3.63, 3.8) is 0 Å². The second-order valence-electron chi connectivity index (χ2n) is 6.66. The fourth-order valence-corrected chi connectivity index (χ4v) is 3.65. The van der Waals surface area contributed by atoms with Gasteiger partial charge in [0, 0.05) is 28.4 Å². The average Bonchev–Trinajstić information content (AvgIpc) is 2.92. The Morgan fingerprint density at radius 2 is 1.09 bits per heavy atom. The van der Waals surface area contributed by atoms with Crippen LogP contribution in [0.4, 0.5) is 0 Å². The molecule has 2 aromatic carbocycles. The SMILES string of the molecule is CCCCCCCCCCn1c2ccccc2c2ccccc21. The van der Waals surface area contributed by atoms with Crippen molar-refractivity contribution in [1.29, 1.82) is 0 Å². The van der Waals surface area contributed by atoms with Crippen molar-refractivity contribution < 1.29 is 0 Å². The third-order valence-electron chi connectivity index (χ3n) is 4.92. The highest BCUT2D eigenvalue weighted by Gasteiger charge is 2.08. The van der Waals surface area contributed by atoms with E-state index in [2.05, 4.69) is 60.0 Å². The number of aromatic nitrogens is 1. The van der Waals surface area contributed by atoms with E-state index in [4.69, 9.17) is 0 Å². The molecule has 0 N–H and O–H groups in total. The maximum atomic E-state index is 2.52. The smallest absolute Gasteiger partial charge is 0.0491 e. The zero-order valence-electron chi connectivity index (χ0n) is 14.4. The molecule has 1 heterocycles. The molecule has 1 aromatic heterocycles. The summed E-state index contributed by atoms with van der Waals surface area (Å²) in [7, 11) is 0. The van der Waals surface area contributed by atoms with Gasteiger partial charge in [-0.1, -0.05) is 88.3 Å². The van der Waals surface area contributed by atoms with Gasteiger partial charge in [-0.3, -0.25) is 0 Å². The summed E-state index contributed by atoms with van der Waals surface area (Å²) in [6.07, 6.45) is 11.0. The van der Waals surface area contributed by atoms with Crippen molar-refractivity contribution in [1.82, 2.24) is 4.57 Å². The third kappa shape index (κ3) is 3.77. The van der Waals surface area contributed by atoms with E-state index >= 15 is 0 Å². The molecule has 0 saturated heterocycles. The number of rotatable bonds is 9. The topological polar surface area (TPSA) is 4.93 Å². The summed E-state index contributed by atoms with van der Waals surface area (Å²) in [4.78, 5) is 0. The minimum atomic E-state index is 1.14.